The molecule has 0 aliphatic carbocycles. The summed E-state index contributed by atoms with van der Waals surface area (Å²) in [5.74, 6) is 0.895. The normalized spacial score (nSPS) is 14.0. The second-order valence-electron chi connectivity index (χ2n) is 7.31. The van der Waals surface area contributed by atoms with E-state index in [1.54, 1.807) is 19.3 Å². The fourth-order valence-corrected chi connectivity index (χ4v) is 3.30. The van der Waals surface area contributed by atoms with Crippen LogP contribution in [0, 0.1) is 0 Å². The number of ketones is 1. The molecule has 23 heavy (non-hydrogen) atoms. The maximum absolute atomic E-state index is 12.1. The van der Waals surface area contributed by atoms with Crippen LogP contribution in [0.2, 0.25) is 18.1 Å². The largest absolute Gasteiger partial charge is 0.497 e. The van der Waals surface area contributed by atoms with Crippen LogP contribution in [-0.2, 0) is 9.22 Å². The molecule has 0 heterocycles. The fraction of sp³-hybridized carbons (Fsp3) is 0.526. The number of benzene rings is 1. The van der Waals surface area contributed by atoms with Crippen LogP contribution in [0.5, 0.6) is 5.75 Å². The lowest BCUT2D eigenvalue weighted by atomic mass is 10.0. The van der Waals surface area contributed by atoms with Crippen molar-refractivity contribution in [2.24, 2.45) is 0 Å². The zero-order valence-corrected chi connectivity index (χ0v) is 16.5. The summed E-state index contributed by atoms with van der Waals surface area (Å²) in [5.41, 5.74) is 1.02. The van der Waals surface area contributed by atoms with Crippen LogP contribution in [0.3, 0.4) is 0 Å². The lowest BCUT2D eigenvalue weighted by Crippen LogP contribution is -2.42. The molecule has 3 nitrogen and oxygen atoms in total. The van der Waals surface area contributed by atoms with Crippen molar-refractivity contribution in [3.05, 3.63) is 42.0 Å². The summed E-state index contributed by atoms with van der Waals surface area (Å²) in [7, 11) is -0.323. The van der Waals surface area contributed by atoms with Crippen molar-refractivity contribution in [3.63, 3.8) is 0 Å². The average Bonchev–Trinajstić information content (AvgIpc) is 2.45. The predicted octanol–water partition coefficient (Wildman–Crippen LogP) is 5.29. The highest BCUT2D eigenvalue weighted by Gasteiger charge is 2.39. The number of methoxy groups -OCH3 is 1. The van der Waals surface area contributed by atoms with E-state index in [2.05, 4.69) is 33.9 Å². The molecule has 0 aromatic heterocycles. The lowest BCUT2D eigenvalue weighted by molar-refractivity contribution is -0.116. The van der Waals surface area contributed by atoms with Crippen LogP contribution < -0.4 is 4.74 Å². The summed E-state index contributed by atoms with van der Waals surface area (Å²) >= 11 is 0. The first-order chi connectivity index (χ1) is 10.6. The Bertz CT molecular complexity index is 539. The van der Waals surface area contributed by atoms with Gasteiger partial charge in [0.2, 0.25) is 0 Å². The van der Waals surface area contributed by atoms with E-state index in [-0.39, 0.29) is 16.9 Å². The number of carbonyl (C=O) groups excluding carboxylic acids is 1. The second-order valence-corrected chi connectivity index (χ2v) is 12.1. The van der Waals surface area contributed by atoms with E-state index in [9.17, 15) is 4.79 Å². The van der Waals surface area contributed by atoms with Crippen LogP contribution in [-0.4, -0.2) is 21.2 Å². The van der Waals surface area contributed by atoms with Crippen molar-refractivity contribution < 1.29 is 14.0 Å². The van der Waals surface area contributed by atoms with Gasteiger partial charge >= 0.3 is 0 Å². The number of hydrogen-bond acceptors (Lipinski definition) is 3. The van der Waals surface area contributed by atoms with Crippen molar-refractivity contribution in [2.45, 2.75) is 58.4 Å². The van der Waals surface area contributed by atoms with Gasteiger partial charge in [0.15, 0.2) is 14.1 Å². The Morgan fingerprint density at radius 1 is 1.22 bits per heavy atom. The van der Waals surface area contributed by atoms with Gasteiger partial charge in [0.25, 0.3) is 0 Å². The molecule has 0 radical (unpaired) electrons. The van der Waals surface area contributed by atoms with Crippen LogP contribution >= 0.6 is 0 Å². The van der Waals surface area contributed by atoms with Gasteiger partial charge in [0.1, 0.15) is 5.75 Å². The highest BCUT2D eigenvalue weighted by molar-refractivity contribution is 6.74. The molecule has 0 amide bonds. The fourth-order valence-electron chi connectivity index (χ4n) is 2.02. The topological polar surface area (TPSA) is 35.5 Å². The van der Waals surface area contributed by atoms with E-state index >= 15 is 0 Å². The Morgan fingerprint density at radius 2 is 1.78 bits per heavy atom. The van der Waals surface area contributed by atoms with Gasteiger partial charge in [-0.25, -0.2) is 0 Å². The minimum Gasteiger partial charge on any atom is -0.497 e. The standard InChI is InChI=1S/C19H30O3Si/c1-8-9-16(20)14-18(22-23(6,7)19(2,3)4)15-10-12-17(21-5)13-11-15/h8-13,18H,14H2,1-7H3/b9-8+. The van der Waals surface area contributed by atoms with Crippen LogP contribution in [0.15, 0.2) is 36.4 Å². The third-order valence-electron chi connectivity index (χ3n) is 4.47. The van der Waals surface area contributed by atoms with Crippen LogP contribution in [0.25, 0.3) is 0 Å². The number of rotatable bonds is 7. The number of carbonyl (C=O) groups is 1. The Hall–Kier alpha value is -1.39. The van der Waals surface area contributed by atoms with Gasteiger partial charge in [0.05, 0.1) is 13.2 Å². The molecule has 0 saturated heterocycles. The molecule has 0 bridgehead atoms. The monoisotopic (exact) mass is 334 g/mol. The molecular weight excluding hydrogens is 304 g/mol. The van der Waals surface area contributed by atoms with Crippen molar-refractivity contribution in [1.29, 1.82) is 0 Å². The minimum atomic E-state index is -1.97. The lowest BCUT2D eigenvalue weighted by Gasteiger charge is -2.39. The van der Waals surface area contributed by atoms with Crippen molar-refractivity contribution in [2.75, 3.05) is 7.11 Å². The summed E-state index contributed by atoms with van der Waals surface area (Å²) in [6.45, 7) is 12.9. The first kappa shape index (κ1) is 19.7. The predicted molar refractivity (Wildman–Crippen MR) is 98.5 cm³/mol. The summed E-state index contributed by atoms with van der Waals surface area (Å²) in [6.07, 6.45) is 3.54. The van der Waals surface area contributed by atoms with E-state index in [0.29, 0.717) is 6.42 Å². The summed E-state index contributed by atoms with van der Waals surface area (Å²) in [6, 6.07) is 7.80. The molecular formula is C19H30O3Si. The SMILES string of the molecule is C/C=C/C(=O)CC(O[Si](C)(C)C(C)(C)C)c1ccc(OC)cc1. The Labute approximate surface area is 141 Å². The minimum absolute atomic E-state index is 0.0898. The van der Waals surface area contributed by atoms with Gasteiger partial charge < -0.3 is 9.16 Å². The zero-order valence-electron chi connectivity index (χ0n) is 15.5. The molecule has 4 heteroatoms. The highest BCUT2D eigenvalue weighted by atomic mass is 28.4. The Kier molecular flexibility index (Phi) is 6.78. The van der Waals surface area contributed by atoms with Gasteiger partial charge in [-0.3, -0.25) is 4.79 Å². The smallest absolute Gasteiger partial charge is 0.192 e. The third kappa shape index (κ3) is 5.63. The van der Waals surface area contributed by atoms with E-state index < -0.39 is 8.32 Å². The summed E-state index contributed by atoms with van der Waals surface area (Å²) in [4.78, 5) is 12.1. The molecule has 0 aliphatic heterocycles. The Balaban J connectivity index is 3.08. The number of hydrogen-bond donors (Lipinski definition) is 0. The van der Waals surface area contributed by atoms with Crippen molar-refractivity contribution in [1.82, 2.24) is 0 Å². The van der Waals surface area contributed by atoms with Crippen LogP contribution in [0.1, 0.15) is 45.8 Å². The molecule has 1 rings (SSSR count). The van der Waals surface area contributed by atoms with Gasteiger partial charge in [-0.2, -0.15) is 0 Å². The molecule has 128 valence electrons. The molecule has 0 spiro atoms. The van der Waals surface area contributed by atoms with Gasteiger partial charge in [-0.1, -0.05) is 39.0 Å². The Morgan fingerprint density at radius 3 is 2.22 bits per heavy atom. The van der Waals surface area contributed by atoms with Crippen molar-refractivity contribution >= 4 is 14.1 Å². The van der Waals surface area contributed by atoms with Crippen molar-refractivity contribution in [3.8, 4) is 5.75 Å². The van der Waals surface area contributed by atoms with Gasteiger partial charge in [-0.05, 0) is 48.8 Å². The van der Waals surface area contributed by atoms with E-state index in [4.69, 9.17) is 9.16 Å². The number of ether oxygens (including phenoxy) is 1. The molecule has 0 fully saturated rings. The number of allylic oxidation sites excluding steroid dienone is 2. The first-order valence-corrected chi connectivity index (χ1v) is 11.0. The zero-order chi connectivity index (χ0) is 17.7. The quantitative estimate of drug-likeness (QED) is 0.502. The van der Waals surface area contributed by atoms with E-state index in [1.807, 2.05) is 31.2 Å². The van der Waals surface area contributed by atoms with E-state index in [1.165, 1.54) is 0 Å². The second kappa shape index (κ2) is 7.93. The van der Waals surface area contributed by atoms with E-state index in [0.717, 1.165) is 11.3 Å². The molecule has 1 unspecified atom stereocenters. The maximum Gasteiger partial charge on any atom is 0.192 e. The maximum atomic E-state index is 12.1. The molecule has 0 aliphatic rings. The molecule has 1 aromatic carbocycles. The summed E-state index contributed by atoms with van der Waals surface area (Å²) < 4.78 is 11.7. The molecule has 0 N–H and O–H groups in total. The molecule has 1 atom stereocenters. The third-order valence-corrected chi connectivity index (χ3v) is 8.96. The molecule has 0 saturated carbocycles. The summed E-state index contributed by atoms with van der Waals surface area (Å²) in [5, 5.41) is 0.0986. The average molecular weight is 335 g/mol. The van der Waals surface area contributed by atoms with Gasteiger partial charge in [-0.15, -0.1) is 0 Å². The highest BCUT2D eigenvalue weighted by Crippen LogP contribution is 2.40. The first-order valence-electron chi connectivity index (χ1n) is 8.08. The molecule has 1 aromatic rings. The van der Waals surface area contributed by atoms with Gasteiger partial charge in [0, 0.05) is 6.42 Å². The van der Waals surface area contributed by atoms with Crippen LogP contribution in [0.4, 0.5) is 0 Å².